The standard InChI is InChI=1S/C11H18N2O/c1-4-6-11(14)9-7-8(3)12-13-10(9)5-2/h7,11,14H,4-6H2,1-3H3. The molecule has 0 radical (unpaired) electrons. The van der Waals surface area contributed by atoms with Crippen molar-refractivity contribution >= 4 is 0 Å². The zero-order valence-electron chi connectivity index (χ0n) is 9.12. The van der Waals surface area contributed by atoms with Crippen LogP contribution in [-0.4, -0.2) is 15.3 Å². The first-order valence-corrected chi connectivity index (χ1v) is 5.20. The van der Waals surface area contributed by atoms with Gasteiger partial charge in [-0.2, -0.15) is 10.2 Å². The summed E-state index contributed by atoms with van der Waals surface area (Å²) in [6.45, 7) is 5.99. The zero-order chi connectivity index (χ0) is 10.6. The van der Waals surface area contributed by atoms with Crippen molar-refractivity contribution in [3.63, 3.8) is 0 Å². The van der Waals surface area contributed by atoms with Gasteiger partial charge in [-0.25, -0.2) is 0 Å². The number of nitrogens with zero attached hydrogens (tertiary/aromatic N) is 2. The summed E-state index contributed by atoms with van der Waals surface area (Å²) in [4.78, 5) is 0. The lowest BCUT2D eigenvalue weighted by molar-refractivity contribution is 0.164. The summed E-state index contributed by atoms with van der Waals surface area (Å²) in [5.74, 6) is 0. The van der Waals surface area contributed by atoms with Crippen molar-refractivity contribution in [1.82, 2.24) is 10.2 Å². The van der Waals surface area contributed by atoms with E-state index in [4.69, 9.17) is 0 Å². The second kappa shape index (κ2) is 5.05. The summed E-state index contributed by atoms with van der Waals surface area (Å²) in [6.07, 6.45) is 2.21. The van der Waals surface area contributed by atoms with Gasteiger partial charge in [-0.3, -0.25) is 0 Å². The van der Waals surface area contributed by atoms with Crippen LogP contribution < -0.4 is 0 Å². The quantitative estimate of drug-likeness (QED) is 0.799. The lowest BCUT2D eigenvalue weighted by atomic mass is 10.0. The molecule has 3 heteroatoms. The van der Waals surface area contributed by atoms with Gasteiger partial charge in [0, 0.05) is 5.56 Å². The molecule has 0 amide bonds. The highest BCUT2D eigenvalue weighted by Crippen LogP contribution is 2.21. The number of aliphatic hydroxyl groups excluding tert-OH is 1. The molecule has 0 aliphatic carbocycles. The Morgan fingerprint density at radius 2 is 2.07 bits per heavy atom. The van der Waals surface area contributed by atoms with Gasteiger partial charge in [0.2, 0.25) is 0 Å². The Hall–Kier alpha value is -0.960. The highest BCUT2D eigenvalue weighted by Gasteiger charge is 2.12. The van der Waals surface area contributed by atoms with E-state index in [1.54, 1.807) is 0 Å². The molecular formula is C11H18N2O. The van der Waals surface area contributed by atoms with Crippen LogP contribution in [-0.2, 0) is 6.42 Å². The van der Waals surface area contributed by atoms with Gasteiger partial charge in [0.15, 0.2) is 0 Å². The second-order valence-corrected chi connectivity index (χ2v) is 3.55. The van der Waals surface area contributed by atoms with E-state index in [0.717, 1.165) is 36.2 Å². The third kappa shape index (κ3) is 2.51. The molecule has 0 bridgehead atoms. The minimum atomic E-state index is -0.385. The fourth-order valence-corrected chi connectivity index (χ4v) is 1.53. The van der Waals surface area contributed by atoms with E-state index in [1.807, 2.05) is 19.9 Å². The van der Waals surface area contributed by atoms with E-state index in [2.05, 4.69) is 17.1 Å². The third-order valence-electron chi connectivity index (χ3n) is 2.28. The molecule has 0 saturated carbocycles. The predicted molar refractivity (Wildman–Crippen MR) is 56.0 cm³/mol. The van der Waals surface area contributed by atoms with Crippen molar-refractivity contribution in [2.45, 2.75) is 46.1 Å². The van der Waals surface area contributed by atoms with E-state index in [-0.39, 0.29) is 6.10 Å². The largest absolute Gasteiger partial charge is 0.388 e. The number of aromatic nitrogens is 2. The number of aliphatic hydroxyl groups is 1. The first-order chi connectivity index (χ1) is 6.69. The van der Waals surface area contributed by atoms with Crippen molar-refractivity contribution < 1.29 is 5.11 Å². The zero-order valence-corrected chi connectivity index (χ0v) is 9.12. The monoisotopic (exact) mass is 194 g/mol. The van der Waals surface area contributed by atoms with Gasteiger partial charge in [0.05, 0.1) is 17.5 Å². The van der Waals surface area contributed by atoms with E-state index in [9.17, 15) is 5.11 Å². The SMILES string of the molecule is CCCC(O)c1cc(C)nnc1CC. The maximum atomic E-state index is 9.89. The summed E-state index contributed by atoms with van der Waals surface area (Å²) in [6, 6.07) is 1.94. The molecule has 0 fully saturated rings. The number of rotatable bonds is 4. The lowest BCUT2D eigenvalue weighted by Gasteiger charge is -2.13. The molecule has 0 spiro atoms. The van der Waals surface area contributed by atoms with E-state index in [1.165, 1.54) is 0 Å². The van der Waals surface area contributed by atoms with Crippen molar-refractivity contribution in [3.8, 4) is 0 Å². The first-order valence-electron chi connectivity index (χ1n) is 5.20. The third-order valence-corrected chi connectivity index (χ3v) is 2.28. The number of hydrogen-bond acceptors (Lipinski definition) is 3. The lowest BCUT2D eigenvalue weighted by Crippen LogP contribution is -2.06. The van der Waals surface area contributed by atoms with Crippen molar-refractivity contribution in [2.24, 2.45) is 0 Å². The fourth-order valence-electron chi connectivity index (χ4n) is 1.53. The van der Waals surface area contributed by atoms with Gasteiger partial charge in [-0.15, -0.1) is 0 Å². The van der Waals surface area contributed by atoms with Crippen LogP contribution in [0.2, 0.25) is 0 Å². The molecule has 14 heavy (non-hydrogen) atoms. The maximum Gasteiger partial charge on any atom is 0.0808 e. The number of aryl methyl sites for hydroxylation is 2. The van der Waals surface area contributed by atoms with Crippen molar-refractivity contribution in [3.05, 3.63) is 23.0 Å². The molecule has 1 rings (SSSR count). The van der Waals surface area contributed by atoms with E-state index < -0.39 is 0 Å². The Morgan fingerprint density at radius 1 is 1.36 bits per heavy atom. The Balaban J connectivity index is 2.97. The summed E-state index contributed by atoms with van der Waals surface area (Å²) < 4.78 is 0. The molecule has 1 aromatic heterocycles. The normalized spacial score (nSPS) is 12.9. The fraction of sp³-hybridized carbons (Fsp3) is 0.636. The molecule has 0 saturated heterocycles. The second-order valence-electron chi connectivity index (χ2n) is 3.55. The molecule has 1 N–H and O–H groups in total. The van der Waals surface area contributed by atoms with Gasteiger partial charge >= 0.3 is 0 Å². The predicted octanol–water partition coefficient (Wildman–Crippen LogP) is 2.18. The van der Waals surface area contributed by atoms with Crippen LogP contribution in [0.3, 0.4) is 0 Å². The molecule has 1 atom stereocenters. The van der Waals surface area contributed by atoms with Crippen LogP contribution in [0.5, 0.6) is 0 Å². The number of hydrogen-bond donors (Lipinski definition) is 1. The average molecular weight is 194 g/mol. The van der Waals surface area contributed by atoms with Crippen LogP contribution in [0.25, 0.3) is 0 Å². The summed E-state index contributed by atoms with van der Waals surface area (Å²) in [5.41, 5.74) is 2.73. The summed E-state index contributed by atoms with van der Waals surface area (Å²) in [7, 11) is 0. The molecule has 0 aliphatic rings. The molecule has 1 heterocycles. The Morgan fingerprint density at radius 3 is 2.64 bits per heavy atom. The van der Waals surface area contributed by atoms with Crippen molar-refractivity contribution in [1.29, 1.82) is 0 Å². The molecule has 1 aromatic rings. The van der Waals surface area contributed by atoms with Crippen LogP contribution in [0.4, 0.5) is 0 Å². The minimum absolute atomic E-state index is 0.385. The molecule has 0 aliphatic heterocycles. The van der Waals surface area contributed by atoms with Gasteiger partial charge in [-0.05, 0) is 25.8 Å². The molecule has 78 valence electrons. The topological polar surface area (TPSA) is 46.0 Å². The highest BCUT2D eigenvalue weighted by molar-refractivity contribution is 5.23. The molecular weight excluding hydrogens is 176 g/mol. The first kappa shape index (κ1) is 11.1. The molecule has 3 nitrogen and oxygen atoms in total. The highest BCUT2D eigenvalue weighted by atomic mass is 16.3. The summed E-state index contributed by atoms with van der Waals surface area (Å²) in [5, 5.41) is 18.0. The Kier molecular flexibility index (Phi) is 4.01. The average Bonchev–Trinajstić information content (AvgIpc) is 2.18. The van der Waals surface area contributed by atoms with Gasteiger partial charge in [0.1, 0.15) is 0 Å². The van der Waals surface area contributed by atoms with Gasteiger partial charge in [-0.1, -0.05) is 20.3 Å². The van der Waals surface area contributed by atoms with E-state index in [0.29, 0.717) is 0 Å². The maximum absolute atomic E-state index is 9.89. The summed E-state index contributed by atoms with van der Waals surface area (Å²) >= 11 is 0. The van der Waals surface area contributed by atoms with Crippen LogP contribution in [0.1, 0.15) is 49.7 Å². The smallest absolute Gasteiger partial charge is 0.0808 e. The Labute approximate surface area is 85.2 Å². The van der Waals surface area contributed by atoms with Gasteiger partial charge in [0.25, 0.3) is 0 Å². The van der Waals surface area contributed by atoms with Crippen molar-refractivity contribution in [2.75, 3.05) is 0 Å². The van der Waals surface area contributed by atoms with Crippen LogP contribution >= 0.6 is 0 Å². The molecule has 0 aromatic carbocycles. The van der Waals surface area contributed by atoms with E-state index >= 15 is 0 Å². The van der Waals surface area contributed by atoms with Crippen LogP contribution in [0.15, 0.2) is 6.07 Å². The Bertz CT molecular complexity index is 299. The van der Waals surface area contributed by atoms with Gasteiger partial charge < -0.3 is 5.11 Å². The molecule has 1 unspecified atom stereocenters. The van der Waals surface area contributed by atoms with Crippen LogP contribution in [0, 0.1) is 6.92 Å². The minimum Gasteiger partial charge on any atom is -0.388 e.